The maximum absolute atomic E-state index is 11.7. The van der Waals surface area contributed by atoms with Crippen LogP contribution in [0.5, 0.6) is 0 Å². The second-order valence-corrected chi connectivity index (χ2v) is 3.48. The van der Waals surface area contributed by atoms with Crippen molar-refractivity contribution in [3.05, 3.63) is 58.5 Å². The molecule has 82 valence electrons. The minimum absolute atomic E-state index is 0.101. The van der Waals surface area contributed by atoms with Gasteiger partial charge in [-0.05, 0) is 5.56 Å². The van der Waals surface area contributed by atoms with Crippen LogP contribution in [0.3, 0.4) is 0 Å². The number of anilines is 1. The molecule has 0 aliphatic rings. The van der Waals surface area contributed by atoms with E-state index in [1.165, 1.54) is 10.7 Å². The molecule has 2 aromatic rings. The Balaban J connectivity index is 2.26. The first-order valence-electron chi connectivity index (χ1n) is 5.08. The number of rotatable bonds is 3. The Bertz CT molecular complexity index is 519. The van der Waals surface area contributed by atoms with E-state index < -0.39 is 0 Å². The number of benzene rings is 1. The largest absolute Gasteiger partial charge is 0.387 e. The summed E-state index contributed by atoms with van der Waals surface area (Å²) in [6.07, 6.45) is 1.64. The molecule has 0 radical (unpaired) electrons. The van der Waals surface area contributed by atoms with Crippen molar-refractivity contribution >= 4 is 5.69 Å². The van der Waals surface area contributed by atoms with E-state index in [0.29, 0.717) is 6.54 Å². The third-order valence-corrected chi connectivity index (χ3v) is 2.33. The van der Waals surface area contributed by atoms with Gasteiger partial charge in [0.05, 0.1) is 18.4 Å². The van der Waals surface area contributed by atoms with Crippen LogP contribution in [0.2, 0.25) is 0 Å². The van der Waals surface area contributed by atoms with E-state index in [1.807, 2.05) is 30.3 Å². The molecule has 0 bridgehead atoms. The number of nitrogens with zero attached hydrogens (tertiary/aromatic N) is 2. The van der Waals surface area contributed by atoms with Gasteiger partial charge in [0, 0.05) is 13.1 Å². The van der Waals surface area contributed by atoms with Crippen molar-refractivity contribution in [2.24, 2.45) is 0 Å². The van der Waals surface area contributed by atoms with E-state index in [0.717, 1.165) is 11.3 Å². The van der Waals surface area contributed by atoms with Crippen LogP contribution in [0.25, 0.3) is 0 Å². The quantitative estimate of drug-likeness (QED) is 0.840. The van der Waals surface area contributed by atoms with Gasteiger partial charge in [-0.3, -0.25) is 4.79 Å². The van der Waals surface area contributed by atoms with Crippen molar-refractivity contribution in [1.82, 2.24) is 9.78 Å². The molecule has 0 unspecified atom stereocenters. The summed E-state index contributed by atoms with van der Waals surface area (Å²) >= 11 is 0. The molecule has 1 heterocycles. The first-order chi connectivity index (χ1) is 7.79. The number of nitrogens with one attached hydrogen (secondary N) is 1. The van der Waals surface area contributed by atoms with E-state index in [2.05, 4.69) is 10.4 Å². The Labute approximate surface area is 93.5 Å². The third kappa shape index (κ3) is 2.28. The minimum Gasteiger partial charge on any atom is -0.387 e. The lowest BCUT2D eigenvalue weighted by molar-refractivity contribution is 0.640. The van der Waals surface area contributed by atoms with Gasteiger partial charge in [-0.1, -0.05) is 30.3 Å². The smallest absolute Gasteiger partial charge is 0.269 e. The topological polar surface area (TPSA) is 46.9 Å². The highest BCUT2D eigenvalue weighted by Crippen LogP contribution is 2.01. The van der Waals surface area contributed by atoms with Crippen LogP contribution in [0.15, 0.2) is 47.4 Å². The van der Waals surface area contributed by atoms with Gasteiger partial charge in [0.25, 0.3) is 5.56 Å². The fourth-order valence-electron chi connectivity index (χ4n) is 1.45. The summed E-state index contributed by atoms with van der Waals surface area (Å²) in [4.78, 5) is 11.7. The lowest BCUT2D eigenvalue weighted by atomic mass is 10.2. The van der Waals surface area contributed by atoms with Crippen LogP contribution in [0.1, 0.15) is 5.56 Å². The maximum atomic E-state index is 11.7. The Hall–Kier alpha value is -2.10. The second kappa shape index (κ2) is 4.61. The van der Waals surface area contributed by atoms with Crippen molar-refractivity contribution < 1.29 is 0 Å². The first kappa shape index (κ1) is 10.4. The molecule has 0 amide bonds. The predicted molar refractivity (Wildman–Crippen MR) is 63.6 cm³/mol. The van der Waals surface area contributed by atoms with E-state index in [1.54, 1.807) is 13.2 Å². The number of hydrogen-bond acceptors (Lipinski definition) is 3. The first-order valence-corrected chi connectivity index (χ1v) is 5.08. The van der Waals surface area contributed by atoms with Crippen molar-refractivity contribution in [3.8, 4) is 0 Å². The number of hydrogen-bond donors (Lipinski definition) is 1. The highest BCUT2D eigenvalue weighted by atomic mass is 16.1. The molecular formula is C12H13N3O. The molecule has 0 atom stereocenters. The van der Waals surface area contributed by atoms with Crippen LogP contribution >= 0.6 is 0 Å². The fourth-order valence-corrected chi connectivity index (χ4v) is 1.45. The highest BCUT2D eigenvalue weighted by molar-refractivity contribution is 5.37. The standard InChI is InChI=1S/C12H13N3O/c1-13-11-7-12(16)15(14-8-11)9-10-5-3-2-4-6-10/h2-8,13H,9H2,1H3. The number of aromatic nitrogens is 2. The molecule has 1 aromatic heterocycles. The van der Waals surface area contributed by atoms with E-state index in [9.17, 15) is 4.79 Å². The molecule has 4 nitrogen and oxygen atoms in total. The average molecular weight is 215 g/mol. The van der Waals surface area contributed by atoms with Gasteiger partial charge in [-0.25, -0.2) is 4.68 Å². The van der Waals surface area contributed by atoms with Crippen LogP contribution in [0, 0.1) is 0 Å². The van der Waals surface area contributed by atoms with Gasteiger partial charge < -0.3 is 5.32 Å². The summed E-state index contributed by atoms with van der Waals surface area (Å²) in [5.41, 5.74) is 1.69. The predicted octanol–water partition coefficient (Wildman–Crippen LogP) is 1.33. The van der Waals surface area contributed by atoms with Crippen LogP contribution < -0.4 is 10.9 Å². The molecule has 0 saturated heterocycles. The molecule has 0 aliphatic carbocycles. The maximum Gasteiger partial charge on any atom is 0.269 e. The lowest BCUT2D eigenvalue weighted by Crippen LogP contribution is -2.22. The van der Waals surface area contributed by atoms with Gasteiger partial charge in [0.15, 0.2) is 0 Å². The van der Waals surface area contributed by atoms with E-state index in [-0.39, 0.29) is 5.56 Å². The molecule has 0 saturated carbocycles. The summed E-state index contributed by atoms with van der Waals surface area (Å²) in [7, 11) is 1.76. The Morgan fingerprint density at radius 1 is 1.31 bits per heavy atom. The highest BCUT2D eigenvalue weighted by Gasteiger charge is 1.99. The summed E-state index contributed by atoms with van der Waals surface area (Å²) < 4.78 is 1.44. The average Bonchev–Trinajstić information content (AvgIpc) is 2.33. The van der Waals surface area contributed by atoms with Crippen molar-refractivity contribution in [1.29, 1.82) is 0 Å². The zero-order chi connectivity index (χ0) is 11.4. The van der Waals surface area contributed by atoms with Crippen molar-refractivity contribution in [2.45, 2.75) is 6.54 Å². The Kier molecular flexibility index (Phi) is 3.00. The van der Waals surface area contributed by atoms with Crippen molar-refractivity contribution in [2.75, 3.05) is 12.4 Å². The molecule has 0 spiro atoms. The molecular weight excluding hydrogens is 202 g/mol. The fraction of sp³-hybridized carbons (Fsp3) is 0.167. The summed E-state index contributed by atoms with van der Waals surface area (Å²) in [6.45, 7) is 0.504. The van der Waals surface area contributed by atoms with Gasteiger partial charge in [0.2, 0.25) is 0 Å². The molecule has 0 aliphatic heterocycles. The zero-order valence-electron chi connectivity index (χ0n) is 9.05. The summed E-state index contributed by atoms with van der Waals surface area (Å²) in [5.74, 6) is 0. The summed E-state index contributed by atoms with van der Waals surface area (Å²) in [6, 6.07) is 11.3. The lowest BCUT2D eigenvalue weighted by Gasteiger charge is -2.05. The molecule has 1 N–H and O–H groups in total. The Morgan fingerprint density at radius 2 is 2.06 bits per heavy atom. The molecule has 1 aromatic carbocycles. The molecule has 4 heteroatoms. The third-order valence-electron chi connectivity index (χ3n) is 2.33. The molecule has 2 rings (SSSR count). The minimum atomic E-state index is -0.101. The molecule has 16 heavy (non-hydrogen) atoms. The second-order valence-electron chi connectivity index (χ2n) is 3.48. The summed E-state index contributed by atoms with van der Waals surface area (Å²) in [5, 5.41) is 6.97. The van der Waals surface area contributed by atoms with Crippen LogP contribution in [-0.2, 0) is 6.54 Å². The van der Waals surface area contributed by atoms with Crippen LogP contribution in [-0.4, -0.2) is 16.8 Å². The Morgan fingerprint density at radius 3 is 2.69 bits per heavy atom. The van der Waals surface area contributed by atoms with Gasteiger partial charge in [-0.15, -0.1) is 0 Å². The SMILES string of the molecule is CNc1cnn(Cc2ccccc2)c(=O)c1. The van der Waals surface area contributed by atoms with Crippen molar-refractivity contribution in [3.63, 3.8) is 0 Å². The van der Waals surface area contributed by atoms with Gasteiger partial charge in [-0.2, -0.15) is 5.10 Å². The normalized spacial score (nSPS) is 10.1. The van der Waals surface area contributed by atoms with Crippen LogP contribution in [0.4, 0.5) is 5.69 Å². The van der Waals surface area contributed by atoms with Gasteiger partial charge >= 0.3 is 0 Å². The van der Waals surface area contributed by atoms with E-state index >= 15 is 0 Å². The van der Waals surface area contributed by atoms with Gasteiger partial charge in [0.1, 0.15) is 0 Å². The molecule has 0 fully saturated rings. The van der Waals surface area contributed by atoms with E-state index in [4.69, 9.17) is 0 Å². The monoisotopic (exact) mass is 215 g/mol. The zero-order valence-corrected chi connectivity index (χ0v) is 9.05.